The Morgan fingerprint density at radius 2 is 1.70 bits per heavy atom. The van der Waals surface area contributed by atoms with Crippen molar-refractivity contribution in [2.45, 2.75) is 63.8 Å². The monoisotopic (exact) mass is 361 g/mol. The first-order valence-corrected chi connectivity index (χ1v) is 9.84. The molecule has 4 rings (SSSR count). The van der Waals surface area contributed by atoms with E-state index < -0.39 is 5.41 Å². The zero-order chi connectivity index (χ0) is 19.2. The third-order valence-corrected chi connectivity index (χ3v) is 6.15. The van der Waals surface area contributed by atoms with Crippen LogP contribution < -0.4 is 0 Å². The SMILES string of the molecule is CC(C)(C)c1ccc(CN2C(=O)C[C@@]3(CCCc4ccccc43)C2=O)cc1. The number of hydrogen-bond donors (Lipinski definition) is 0. The highest BCUT2D eigenvalue weighted by Gasteiger charge is 2.53. The smallest absolute Gasteiger partial charge is 0.240 e. The van der Waals surface area contributed by atoms with Crippen molar-refractivity contribution in [1.82, 2.24) is 4.90 Å². The average molecular weight is 361 g/mol. The molecule has 0 saturated carbocycles. The molecule has 2 amide bonds. The maximum absolute atomic E-state index is 13.4. The number of rotatable bonds is 2. The second-order valence-corrected chi connectivity index (χ2v) is 9.00. The van der Waals surface area contributed by atoms with Crippen LogP contribution in [0.2, 0.25) is 0 Å². The number of nitrogens with zero attached hydrogens (tertiary/aromatic N) is 1. The molecule has 140 valence electrons. The molecule has 2 aliphatic rings. The van der Waals surface area contributed by atoms with Crippen molar-refractivity contribution in [2.75, 3.05) is 0 Å². The maximum atomic E-state index is 13.4. The van der Waals surface area contributed by atoms with Gasteiger partial charge < -0.3 is 0 Å². The Morgan fingerprint density at radius 1 is 1.00 bits per heavy atom. The van der Waals surface area contributed by atoms with Crippen molar-refractivity contribution in [3.05, 3.63) is 70.8 Å². The van der Waals surface area contributed by atoms with E-state index in [4.69, 9.17) is 0 Å². The molecule has 2 aromatic carbocycles. The zero-order valence-electron chi connectivity index (χ0n) is 16.4. The van der Waals surface area contributed by atoms with Gasteiger partial charge in [-0.25, -0.2) is 0 Å². The van der Waals surface area contributed by atoms with E-state index in [9.17, 15) is 9.59 Å². The molecule has 1 spiro atoms. The molecule has 1 aliphatic carbocycles. The fraction of sp³-hybridized carbons (Fsp3) is 0.417. The predicted octanol–water partition coefficient (Wildman–Crippen LogP) is 4.52. The minimum atomic E-state index is -0.642. The van der Waals surface area contributed by atoms with Crippen molar-refractivity contribution in [2.24, 2.45) is 0 Å². The molecule has 1 fully saturated rings. The largest absolute Gasteiger partial charge is 0.277 e. The number of benzene rings is 2. The highest BCUT2D eigenvalue weighted by atomic mass is 16.2. The van der Waals surface area contributed by atoms with Gasteiger partial charge in [-0.05, 0) is 46.9 Å². The van der Waals surface area contributed by atoms with Gasteiger partial charge in [0.25, 0.3) is 0 Å². The van der Waals surface area contributed by atoms with E-state index in [1.54, 1.807) is 0 Å². The normalized spacial score (nSPS) is 22.4. The standard InChI is InChI=1S/C24H27NO2/c1-23(2,3)19-12-10-17(11-13-19)16-25-21(26)15-24(22(25)27)14-6-8-18-7-4-5-9-20(18)24/h4-5,7,9-13H,6,8,14-16H2,1-3H3/t24-/m1/s1. The van der Waals surface area contributed by atoms with E-state index in [0.717, 1.165) is 30.4 Å². The van der Waals surface area contributed by atoms with Gasteiger partial charge in [0.1, 0.15) is 0 Å². The Kier molecular flexibility index (Phi) is 4.21. The molecule has 2 aromatic rings. The zero-order valence-corrected chi connectivity index (χ0v) is 16.4. The van der Waals surface area contributed by atoms with Gasteiger partial charge in [0.15, 0.2) is 0 Å². The highest BCUT2D eigenvalue weighted by Crippen LogP contribution is 2.45. The van der Waals surface area contributed by atoms with Gasteiger partial charge in [0.05, 0.1) is 12.0 Å². The first-order valence-electron chi connectivity index (χ1n) is 9.84. The third kappa shape index (κ3) is 2.99. The summed E-state index contributed by atoms with van der Waals surface area (Å²) in [7, 11) is 0. The summed E-state index contributed by atoms with van der Waals surface area (Å²) in [4.78, 5) is 27.7. The molecule has 1 aliphatic heterocycles. The van der Waals surface area contributed by atoms with Crippen LogP contribution in [0.5, 0.6) is 0 Å². The molecule has 0 bridgehead atoms. The Bertz CT molecular complexity index is 891. The summed E-state index contributed by atoms with van der Waals surface area (Å²) in [6.45, 7) is 6.91. The Balaban J connectivity index is 1.61. The number of carbonyl (C=O) groups excluding carboxylic acids is 2. The Morgan fingerprint density at radius 3 is 2.41 bits per heavy atom. The quantitative estimate of drug-likeness (QED) is 0.738. The van der Waals surface area contributed by atoms with Crippen molar-refractivity contribution in [3.8, 4) is 0 Å². The molecule has 27 heavy (non-hydrogen) atoms. The first-order chi connectivity index (χ1) is 12.8. The lowest BCUT2D eigenvalue weighted by Gasteiger charge is -2.33. The number of imide groups is 1. The number of fused-ring (bicyclic) bond motifs is 2. The topological polar surface area (TPSA) is 37.4 Å². The lowest BCUT2D eigenvalue weighted by Crippen LogP contribution is -2.40. The molecule has 0 radical (unpaired) electrons. The molecule has 0 aromatic heterocycles. The van der Waals surface area contributed by atoms with Crippen LogP contribution in [0.15, 0.2) is 48.5 Å². The molecule has 1 saturated heterocycles. The van der Waals surface area contributed by atoms with E-state index in [0.29, 0.717) is 13.0 Å². The van der Waals surface area contributed by atoms with E-state index >= 15 is 0 Å². The van der Waals surface area contributed by atoms with Crippen LogP contribution in [0, 0.1) is 0 Å². The summed E-state index contributed by atoms with van der Waals surface area (Å²) in [6.07, 6.45) is 3.04. The molecular weight excluding hydrogens is 334 g/mol. The fourth-order valence-electron chi connectivity index (χ4n) is 4.58. The number of likely N-dealkylation sites (tertiary alicyclic amines) is 1. The number of amides is 2. The molecule has 0 N–H and O–H groups in total. The van der Waals surface area contributed by atoms with E-state index in [1.807, 2.05) is 30.3 Å². The van der Waals surface area contributed by atoms with Gasteiger partial charge in [0, 0.05) is 6.42 Å². The fourth-order valence-corrected chi connectivity index (χ4v) is 4.58. The minimum absolute atomic E-state index is 0.0143. The van der Waals surface area contributed by atoms with Crippen molar-refractivity contribution >= 4 is 11.8 Å². The second kappa shape index (κ2) is 6.33. The van der Waals surface area contributed by atoms with Crippen LogP contribution in [0.1, 0.15) is 62.3 Å². The number of hydrogen-bond acceptors (Lipinski definition) is 2. The molecule has 1 atom stereocenters. The molecule has 0 unspecified atom stereocenters. The van der Waals surface area contributed by atoms with Gasteiger partial charge in [-0.3, -0.25) is 14.5 Å². The van der Waals surface area contributed by atoms with E-state index in [1.165, 1.54) is 16.0 Å². The van der Waals surface area contributed by atoms with Crippen LogP contribution in [-0.4, -0.2) is 16.7 Å². The van der Waals surface area contributed by atoms with Gasteiger partial charge in [-0.2, -0.15) is 0 Å². The Hall–Kier alpha value is -2.42. The predicted molar refractivity (Wildman–Crippen MR) is 106 cm³/mol. The highest BCUT2D eigenvalue weighted by molar-refractivity contribution is 6.09. The average Bonchev–Trinajstić information content (AvgIpc) is 2.87. The summed E-state index contributed by atoms with van der Waals surface area (Å²) in [5.41, 5.74) is 4.00. The number of aryl methyl sites for hydroxylation is 1. The Labute approximate surface area is 161 Å². The van der Waals surface area contributed by atoms with Crippen molar-refractivity contribution < 1.29 is 9.59 Å². The molecule has 3 heteroatoms. The van der Waals surface area contributed by atoms with Gasteiger partial charge >= 0.3 is 0 Å². The summed E-state index contributed by atoms with van der Waals surface area (Å²) < 4.78 is 0. The van der Waals surface area contributed by atoms with E-state index in [2.05, 4.69) is 39.0 Å². The minimum Gasteiger partial charge on any atom is -0.277 e. The first kappa shape index (κ1) is 18.0. The van der Waals surface area contributed by atoms with Crippen molar-refractivity contribution in [1.29, 1.82) is 0 Å². The third-order valence-electron chi connectivity index (χ3n) is 6.15. The summed E-state index contributed by atoms with van der Waals surface area (Å²) >= 11 is 0. The summed E-state index contributed by atoms with van der Waals surface area (Å²) in [6, 6.07) is 16.4. The molecule has 3 nitrogen and oxygen atoms in total. The van der Waals surface area contributed by atoms with Gasteiger partial charge in [-0.15, -0.1) is 0 Å². The second-order valence-electron chi connectivity index (χ2n) is 9.00. The van der Waals surface area contributed by atoms with Crippen LogP contribution in [0.3, 0.4) is 0 Å². The molecular formula is C24H27NO2. The van der Waals surface area contributed by atoms with Crippen LogP contribution in [0.25, 0.3) is 0 Å². The van der Waals surface area contributed by atoms with Gasteiger partial charge in [0.2, 0.25) is 11.8 Å². The van der Waals surface area contributed by atoms with Crippen molar-refractivity contribution in [3.63, 3.8) is 0 Å². The lowest BCUT2D eigenvalue weighted by molar-refractivity contribution is -0.140. The summed E-state index contributed by atoms with van der Waals surface area (Å²) in [5, 5.41) is 0. The molecule has 1 heterocycles. The van der Waals surface area contributed by atoms with Crippen LogP contribution >= 0.6 is 0 Å². The van der Waals surface area contributed by atoms with Gasteiger partial charge in [-0.1, -0.05) is 69.3 Å². The van der Waals surface area contributed by atoms with Crippen LogP contribution in [-0.2, 0) is 33.4 Å². The number of carbonyl (C=O) groups is 2. The van der Waals surface area contributed by atoms with E-state index in [-0.39, 0.29) is 17.2 Å². The van der Waals surface area contributed by atoms with Crippen LogP contribution in [0.4, 0.5) is 0 Å². The lowest BCUT2D eigenvalue weighted by atomic mass is 9.69. The summed E-state index contributed by atoms with van der Waals surface area (Å²) in [5.74, 6) is -0.0591. The maximum Gasteiger partial charge on any atom is 0.240 e.